The van der Waals surface area contributed by atoms with Crippen molar-refractivity contribution in [3.05, 3.63) is 63.8 Å². The zero-order valence-electron chi connectivity index (χ0n) is 15.4. The summed E-state index contributed by atoms with van der Waals surface area (Å²) in [6.45, 7) is 2.24. The number of hydrogen-bond donors (Lipinski definition) is 0. The molecule has 1 aromatic carbocycles. The zero-order valence-corrected chi connectivity index (χ0v) is 17.0. The Morgan fingerprint density at radius 3 is 2.66 bits per heavy atom. The summed E-state index contributed by atoms with van der Waals surface area (Å²) >= 11 is 7.55. The molecule has 1 aliphatic rings. The Morgan fingerprint density at radius 2 is 1.90 bits per heavy atom. The molecule has 1 aliphatic heterocycles. The van der Waals surface area contributed by atoms with Gasteiger partial charge in [-0.25, -0.2) is 0 Å². The molecule has 29 heavy (non-hydrogen) atoms. The molecule has 4 heterocycles. The molecule has 0 N–H and O–H groups in total. The van der Waals surface area contributed by atoms with E-state index in [-0.39, 0.29) is 5.91 Å². The Bertz CT molecular complexity index is 1160. The molecule has 7 nitrogen and oxygen atoms in total. The summed E-state index contributed by atoms with van der Waals surface area (Å²) in [5.41, 5.74) is 2.74. The summed E-state index contributed by atoms with van der Waals surface area (Å²) in [4.78, 5) is 16.6. The van der Waals surface area contributed by atoms with Gasteiger partial charge in [-0.3, -0.25) is 4.79 Å². The van der Waals surface area contributed by atoms with Gasteiger partial charge in [0.15, 0.2) is 11.5 Å². The number of piperazine rings is 1. The highest BCUT2D eigenvalue weighted by molar-refractivity contribution is 7.08. The van der Waals surface area contributed by atoms with Gasteiger partial charge in [-0.2, -0.15) is 15.9 Å². The van der Waals surface area contributed by atoms with Crippen LogP contribution < -0.4 is 4.90 Å². The van der Waals surface area contributed by atoms with Crippen LogP contribution in [0.5, 0.6) is 0 Å². The lowest BCUT2D eigenvalue weighted by atomic mass is 10.2. The number of amides is 1. The van der Waals surface area contributed by atoms with Crippen molar-refractivity contribution in [1.29, 1.82) is 0 Å². The van der Waals surface area contributed by atoms with Crippen molar-refractivity contribution in [2.24, 2.45) is 0 Å². The predicted molar refractivity (Wildman–Crippen MR) is 113 cm³/mol. The van der Waals surface area contributed by atoms with Crippen LogP contribution in [0.15, 0.2) is 53.2 Å². The van der Waals surface area contributed by atoms with Crippen molar-refractivity contribution in [2.45, 2.75) is 6.54 Å². The first-order valence-electron chi connectivity index (χ1n) is 9.19. The van der Waals surface area contributed by atoms with Gasteiger partial charge < -0.3 is 9.80 Å². The number of rotatable bonds is 4. The monoisotopic (exact) mass is 424 g/mol. The van der Waals surface area contributed by atoms with Crippen LogP contribution >= 0.6 is 22.9 Å². The Kier molecular flexibility index (Phi) is 4.65. The quantitative estimate of drug-likeness (QED) is 0.502. The maximum absolute atomic E-state index is 12.7. The Hall–Kier alpha value is -2.97. The molecular formula is C20H17ClN6OS. The van der Waals surface area contributed by atoms with Crippen LogP contribution in [0.3, 0.4) is 0 Å². The minimum atomic E-state index is 0.0786. The number of aromatic nitrogens is 4. The van der Waals surface area contributed by atoms with Gasteiger partial charge in [-0.05, 0) is 41.3 Å². The van der Waals surface area contributed by atoms with Gasteiger partial charge in [0.2, 0.25) is 5.91 Å². The lowest BCUT2D eigenvalue weighted by Crippen LogP contribution is -2.50. The van der Waals surface area contributed by atoms with Crippen LogP contribution in [0.1, 0.15) is 5.56 Å². The van der Waals surface area contributed by atoms with E-state index >= 15 is 0 Å². The molecule has 5 rings (SSSR count). The molecule has 0 atom stereocenters. The van der Waals surface area contributed by atoms with Gasteiger partial charge in [0, 0.05) is 35.6 Å². The number of anilines is 1. The topological polar surface area (TPSA) is 66.6 Å². The van der Waals surface area contributed by atoms with Crippen LogP contribution in [0, 0.1) is 0 Å². The smallest absolute Gasteiger partial charge is 0.242 e. The highest BCUT2D eigenvalue weighted by Crippen LogP contribution is 2.22. The molecular weight excluding hydrogens is 408 g/mol. The van der Waals surface area contributed by atoms with Crippen molar-refractivity contribution in [2.75, 3.05) is 24.5 Å². The third-order valence-corrected chi connectivity index (χ3v) is 5.89. The molecule has 146 valence electrons. The molecule has 0 unspecified atom stereocenters. The Labute approximate surface area is 176 Å². The number of nitrogens with zero attached hydrogens (tertiary/aromatic N) is 6. The lowest BCUT2D eigenvalue weighted by Gasteiger charge is -2.35. The van der Waals surface area contributed by atoms with Crippen molar-refractivity contribution in [3.63, 3.8) is 0 Å². The molecule has 1 amide bonds. The van der Waals surface area contributed by atoms with Gasteiger partial charge in [0.1, 0.15) is 5.82 Å². The normalized spacial score (nSPS) is 14.7. The van der Waals surface area contributed by atoms with E-state index in [4.69, 9.17) is 16.7 Å². The molecule has 4 aromatic rings. The fraction of sp³-hybridized carbons (Fsp3) is 0.200. The second-order valence-corrected chi connectivity index (χ2v) is 8.08. The van der Waals surface area contributed by atoms with Gasteiger partial charge in [0.05, 0.1) is 6.54 Å². The molecule has 1 fully saturated rings. The van der Waals surface area contributed by atoms with E-state index in [0.29, 0.717) is 42.7 Å². The van der Waals surface area contributed by atoms with E-state index < -0.39 is 0 Å². The van der Waals surface area contributed by atoms with Crippen molar-refractivity contribution >= 4 is 40.3 Å². The Morgan fingerprint density at radius 1 is 1.03 bits per heavy atom. The molecule has 0 radical (unpaired) electrons. The zero-order chi connectivity index (χ0) is 19.8. The molecule has 1 saturated heterocycles. The summed E-state index contributed by atoms with van der Waals surface area (Å²) < 4.78 is 1.74. The second-order valence-electron chi connectivity index (χ2n) is 6.86. The number of fused-ring (bicyclic) bond motifs is 1. The standard InChI is InChI=1S/C20H17ClN6OS/c21-16-3-1-14(2-4-16)11-26-9-8-25(12-19(26)28)18-6-5-17-22-23-20(27(17)24-18)15-7-10-29-13-15/h1-7,10,13H,8-9,11-12H2. The number of hydrogen-bond acceptors (Lipinski definition) is 6. The number of carbonyl (C=O) groups is 1. The second kappa shape index (κ2) is 7.46. The highest BCUT2D eigenvalue weighted by atomic mass is 35.5. The number of thiophene rings is 1. The van der Waals surface area contributed by atoms with Crippen molar-refractivity contribution in [1.82, 2.24) is 24.7 Å². The maximum atomic E-state index is 12.7. The highest BCUT2D eigenvalue weighted by Gasteiger charge is 2.25. The van der Waals surface area contributed by atoms with Crippen molar-refractivity contribution < 1.29 is 4.79 Å². The van der Waals surface area contributed by atoms with Gasteiger partial charge in [0.25, 0.3) is 0 Å². The van der Waals surface area contributed by atoms with Crippen LogP contribution in [-0.4, -0.2) is 50.3 Å². The fourth-order valence-corrected chi connectivity index (χ4v) is 4.16. The molecule has 0 bridgehead atoms. The van der Waals surface area contributed by atoms with E-state index in [9.17, 15) is 4.79 Å². The van der Waals surface area contributed by atoms with Gasteiger partial charge >= 0.3 is 0 Å². The molecule has 0 aliphatic carbocycles. The molecule has 0 spiro atoms. The average Bonchev–Trinajstić information content (AvgIpc) is 3.40. The first kappa shape index (κ1) is 18.1. The first-order valence-corrected chi connectivity index (χ1v) is 10.5. The lowest BCUT2D eigenvalue weighted by molar-refractivity contribution is -0.131. The minimum absolute atomic E-state index is 0.0786. The summed E-state index contributed by atoms with van der Waals surface area (Å²) in [5.74, 6) is 1.53. The van der Waals surface area contributed by atoms with E-state index in [1.165, 1.54) is 0 Å². The first-order chi connectivity index (χ1) is 14.2. The van der Waals surface area contributed by atoms with Crippen LogP contribution in [-0.2, 0) is 11.3 Å². The van der Waals surface area contributed by atoms with E-state index in [1.807, 2.05) is 63.0 Å². The Balaban J connectivity index is 1.34. The van der Waals surface area contributed by atoms with Gasteiger partial charge in [-0.1, -0.05) is 23.7 Å². The third kappa shape index (κ3) is 3.56. The third-order valence-electron chi connectivity index (χ3n) is 4.96. The van der Waals surface area contributed by atoms with E-state index in [2.05, 4.69) is 10.2 Å². The SMILES string of the molecule is O=C1CN(c2ccc3nnc(-c4ccsc4)n3n2)CCN1Cc1ccc(Cl)cc1. The largest absolute Gasteiger partial charge is 0.344 e. The summed E-state index contributed by atoms with van der Waals surface area (Å²) in [7, 11) is 0. The molecule has 9 heteroatoms. The number of halogens is 1. The van der Waals surface area contributed by atoms with Crippen molar-refractivity contribution in [3.8, 4) is 11.4 Å². The van der Waals surface area contributed by atoms with Gasteiger partial charge in [-0.15, -0.1) is 15.3 Å². The van der Waals surface area contributed by atoms with E-state index in [0.717, 1.165) is 16.9 Å². The molecule has 0 saturated carbocycles. The summed E-state index contributed by atoms with van der Waals surface area (Å²) in [6, 6.07) is 13.4. The minimum Gasteiger partial charge on any atom is -0.344 e. The fourth-order valence-electron chi connectivity index (χ4n) is 3.40. The predicted octanol–water partition coefficient (Wildman–Crippen LogP) is 3.36. The average molecular weight is 425 g/mol. The van der Waals surface area contributed by atoms with Crippen LogP contribution in [0.25, 0.3) is 17.0 Å². The maximum Gasteiger partial charge on any atom is 0.242 e. The summed E-state index contributed by atoms with van der Waals surface area (Å²) in [5, 5.41) is 17.9. The number of benzene rings is 1. The van der Waals surface area contributed by atoms with E-state index in [1.54, 1.807) is 15.9 Å². The van der Waals surface area contributed by atoms with Crippen LogP contribution in [0.4, 0.5) is 5.82 Å². The number of carbonyl (C=O) groups excluding carboxylic acids is 1. The summed E-state index contributed by atoms with van der Waals surface area (Å²) in [6.07, 6.45) is 0. The van der Waals surface area contributed by atoms with Crippen LogP contribution in [0.2, 0.25) is 5.02 Å². The molecule has 3 aromatic heterocycles.